The Bertz CT molecular complexity index is 1530. The molecule has 0 fully saturated rings. The Kier molecular flexibility index (Phi) is 9.51. The highest BCUT2D eigenvalue weighted by Gasteiger charge is 2.42. The Balaban J connectivity index is 2.02. The third kappa shape index (κ3) is 7.21. The van der Waals surface area contributed by atoms with Crippen LogP contribution in [0.1, 0.15) is 27.5 Å². The molecule has 0 aromatic heterocycles. The van der Waals surface area contributed by atoms with Gasteiger partial charge in [-0.25, -0.2) is 13.6 Å². The number of methoxy groups -OCH3 is 2. The molecule has 222 valence electrons. The molecule has 0 radical (unpaired) electrons. The van der Waals surface area contributed by atoms with Crippen LogP contribution < -0.4 is 36.1 Å². The highest BCUT2D eigenvalue weighted by molar-refractivity contribution is 5.99. The van der Waals surface area contributed by atoms with Crippen molar-refractivity contribution in [1.82, 2.24) is 10.9 Å². The molecule has 6 N–H and O–H groups in total. The van der Waals surface area contributed by atoms with Crippen LogP contribution in [0.5, 0.6) is 17.2 Å². The largest absolute Gasteiger partial charge is 0.493 e. The van der Waals surface area contributed by atoms with Crippen LogP contribution in [0.3, 0.4) is 0 Å². The van der Waals surface area contributed by atoms with E-state index in [9.17, 15) is 31.9 Å². The molecule has 0 aliphatic heterocycles. The second-order valence-electron chi connectivity index (χ2n) is 8.24. The summed E-state index contributed by atoms with van der Waals surface area (Å²) < 4.78 is 82.2. The Morgan fingerprint density at radius 1 is 0.857 bits per heavy atom. The number of esters is 1. The van der Waals surface area contributed by atoms with Crippen molar-refractivity contribution >= 4 is 29.3 Å². The van der Waals surface area contributed by atoms with E-state index in [0.29, 0.717) is 0 Å². The summed E-state index contributed by atoms with van der Waals surface area (Å²) in [6.45, 7) is 0. The van der Waals surface area contributed by atoms with Gasteiger partial charge in [0.1, 0.15) is 29.3 Å². The number of nitrogen functional groups attached to an aromatic ring is 1. The maximum atomic E-state index is 15.2. The number of hydrogen-bond donors (Lipinski definition) is 5. The van der Waals surface area contributed by atoms with Gasteiger partial charge in [-0.1, -0.05) is 12.1 Å². The predicted octanol–water partition coefficient (Wildman–Crippen LogP) is 3.35. The minimum atomic E-state index is -5.39. The first-order chi connectivity index (χ1) is 19.8. The summed E-state index contributed by atoms with van der Waals surface area (Å²) in [6, 6.07) is 8.07. The van der Waals surface area contributed by atoms with E-state index in [2.05, 4.69) is 10.1 Å². The number of nitrogens with two attached hydrogens (primary N) is 1. The first-order valence-corrected chi connectivity index (χ1v) is 11.6. The van der Waals surface area contributed by atoms with Crippen LogP contribution in [0.25, 0.3) is 0 Å². The van der Waals surface area contributed by atoms with E-state index in [1.54, 1.807) is 0 Å². The van der Waals surface area contributed by atoms with Crippen molar-refractivity contribution in [1.29, 1.82) is 5.41 Å². The molecule has 2 amide bonds. The molecule has 0 spiro atoms. The van der Waals surface area contributed by atoms with Crippen molar-refractivity contribution in [3.05, 3.63) is 82.9 Å². The molecule has 1 unspecified atom stereocenters. The number of carbonyl (C=O) groups is 3. The number of halogens is 5. The number of ether oxygens (including phenoxy) is 3. The number of hydrogen-bond acceptors (Lipinski definition) is 8. The van der Waals surface area contributed by atoms with Crippen molar-refractivity contribution < 1.29 is 50.5 Å². The highest BCUT2D eigenvalue weighted by Crippen LogP contribution is 2.35. The fourth-order valence-corrected chi connectivity index (χ4v) is 3.52. The Labute approximate surface area is 234 Å². The van der Waals surface area contributed by atoms with Crippen LogP contribution in [-0.4, -0.2) is 44.0 Å². The van der Waals surface area contributed by atoms with Gasteiger partial charge in [0.25, 0.3) is 11.8 Å². The van der Waals surface area contributed by atoms with E-state index in [0.717, 1.165) is 42.5 Å². The maximum absolute atomic E-state index is 15.2. The lowest BCUT2D eigenvalue weighted by Crippen LogP contribution is -2.45. The molecule has 0 saturated heterocycles. The molecule has 0 heterocycles. The van der Waals surface area contributed by atoms with Crippen molar-refractivity contribution in [2.75, 3.05) is 19.5 Å². The first kappa shape index (κ1) is 31.1. The third-order valence-corrected chi connectivity index (χ3v) is 5.51. The van der Waals surface area contributed by atoms with Gasteiger partial charge in [-0.2, -0.15) is 13.2 Å². The van der Waals surface area contributed by atoms with Gasteiger partial charge in [0.15, 0.2) is 11.5 Å². The van der Waals surface area contributed by atoms with Crippen molar-refractivity contribution in [2.45, 2.75) is 12.2 Å². The first-order valence-electron chi connectivity index (χ1n) is 11.6. The molecule has 3 aromatic rings. The molecule has 3 rings (SSSR count). The zero-order valence-corrected chi connectivity index (χ0v) is 21.7. The van der Waals surface area contributed by atoms with Gasteiger partial charge in [0.2, 0.25) is 0 Å². The fourth-order valence-electron chi connectivity index (χ4n) is 3.52. The number of hydrazine groups is 1. The SMILES string of the molecule is COc1cc(F)c(C(Nc2ccc(C(=N)N)c(OC(=O)C(F)(F)F)c2)C(=O)NNC(=O)c2ccccc2F)cc1OC. The van der Waals surface area contributed by atoms with Crippen LogP contribution >= 0.6 is 0 Å². The standard InChI is InChI=1S/C26H22F5N5O6/c1-40-19-10-15(17(28)11-20(19)41-2)21(24(38)36-35-23(37)13-5-3-4-6-16(13)27)34-12-7-8-14(22(32)33)18(9-12)42-25(39)26(29,30)31/h3-11,21,34H,1-2H3,(H3,32,33)(H,35,37)(H,36,38). The fraction of sp³-hybridized carbons (Fsp3) is 0.154. The van der Waals surface area contributed by atoms with E-state index in [1.165, 1.54) is 26.4 Å². The number of amidine groups is 1. The summed E-state index contributed by atoms with van der Waals surface area (Å²) in [5, 5.41) is 10.1. The number of anilines is 1. The summed E-state index contributed by atoms with van der Waals surface area (Å²) in [5.74, 6) is -8.30. The van der Waals surface area contributed by atoms with Crippen LogP contribution in [0.2, 0.25) is 0 Å². The van der Waals surface area contributed by atoms with E-state index >= 15 is 4.39 Å². The van der Waals surface area contributed by atoms with Gasteiger partial charge in [-0.05, 0) is 30.3 Å². The summed E-state index contributed by atoms with van der Waals surface area (Å²) >= 11 is 0. The number of rotatable bonds is 9. The predicted molar refractivity (Wildman–Crippen MR) is 137 cm³/mol. The normalized spacial score (nSPS) is 11.6. The molecular formula is C26H22F5N5O6. The number of amides is 2. The lowest BCUT2D eigenvalue weighted by molar-refractivity contribution is -0.189. The van der Waals surface area contributed by atoms with Gasteiger partial charge in [0, 0.05) is 23.4 Å². The van der Waals surface area contributed by atoms with Gasteiger partial charge in [0.05, 0.1) is 25.3 Å². The minimum Gasteiger partial charge on any atom is -0.493 e. The summed E-state index contributed by atoms with van der Waals surface area (Å²) in [7, 11) is 2.47. The second-order valence-corrected chi connectivity index (χ2v) is 8.24. The number of benzene rings is 3. The van der Waals surface area contributed by atoms with Crippen LogP contribution in [0, 0.1) is 17.0 Å². The Hall–Kier alpha value is -5.41. The average molecular weight is 595 g/mol. The zero-order chi connectivity index (χ0) is 31.2. The van der Waals surface area contributed by atoms with Crippen molar-refractivity contribution in [3.8, 4) is 17.2 Å². The lowest BCUT2D eigenvalue weighted by atomic mass is 10.0. The van der Waals surface area contributed by atoms with E-state index in [4.69, 9.17) is 20.6 Å². The molecule has 11 nitrogen and oxygen atoms in total. The molecule has 3 aromatic carbocycles. The smallest absolute Gasteiger partial charge is 0.491 e. The van der Waals surface area contributed by atoms with Crippen molar-refractivity contribution in [2.24, 2.45) is 5.73 Å². The topological polar surface area (TPSA) is 165 Å². The zero-order valence-electron chi connectivity index (χ0n) is 21.7. The van der Waals surface area contributed by atoms with Gasteiger partial charge < -0.3 is 25.3 Å². The third-order valence-electron chi connectivity index (χ3n) is 5.51. The Morgan fingerprint density at radius 3 is 2.10 bits per heavy atom. The molecule has 42 heavy (non-hydrogen) atoms. The number of nitrogens with one attached hydrogen (secondary N) is 4. The maximum Gasteiger partial charge on any atom is 0.491 e. The minimum absolute atomic E-state index is 0.0179. The summed E-state index contributed by atoms with van der Waals surface area (Å²) in [5.41, 5.74) is 7.97. The van der Waals surface area contributed by atoms with Gasteiger partial charge in [-0.15, -0.1) is 0 Å². The molecule has 1 atom stereocenters. The van der Waals surface area contributed by atoms with Crippen LogP contribution in [0.15, 0.2) is 54.6 Å². The van der Waals surface area contributed by atoms with Crippen LogP contribution in [0.4, 0.5) is 27.6 Å². The number of carbonyl (C=O) groups excluding carboxylic acids is 3. The molecule has 16 heteroatoms. The second kappa shape index (κ2) is 12.8. The van der Waals surface area contributed by atoms with E-state index < -0.39 is 69.9 Å². The summed E-state index contributed by atoms with van der Waals surface area (Å²) in [6.07, 6.45) is -5.39. The molecular weight excluding hydrogens is 573 g/mol. The number of alkyl halides is 3. The summed E-state index contributed by atoms with van der Waals surface area (Å²) in [4.78, 5) is 37.1. The molecule has 0 aliphatic carbocycles. The molecule has 0 saturated carbocycles. The molecule has 0 bridgehead atoms. The van der Waals surface area contributed by atoms with Crippen molar-refractivity contribution in [3.63, 3.8) is 0 Å². The monoisotopic (exact) mass is 595 g/mol. The van der Waals surface area contributed by atoms with E-state index in [1.807, 2.05) is 10.9 Å². The van der Waals surface area contributed by atoms with E-state index in [-0.39, 0.29) is 17.2 Å². The average Bonchev–Trinajstić information content (AvgIpc) is 2.94. The quantitative estimate of drug-likeness (QED) is 0.0628. The lowest BCUT2D eigenvalue weighted by Gasteiger charge is -2.22. The molecule has 0 aliphatic rings. The highest BCUT2D eigenvalue weighted by atomic mass is 19.4. The van der Waals surface area contributed by atoms with Gasteiger partial charge in [-0.3, -0.25) is 25.8 Å². The van der Waals surface area contributed by atoms with Crippen LogP contribution in [-0.2, 0) is 9.59 Å². The van der Waals surface area contributed by atoms with Gasteiger partial charge >= 0.3 is 12.1 Å². The Morgan fingerprint density at radius 2 is 1.50 bits per heavy atom.